The first kappa shape index (κ1) is 8.27. The number of carbonyl (C=O) groups excluding carboxylic acids is 1. The van der Waals surface area contributed by atoms with E-state index in [9.17, 15) is 4.79 Å². The molecule has 1 aliphatic heterocycles. The smallest absolute Gasteiger partial charge is 0.330 e. The van der Waals surface area contributed by atoms with Gasteiger partial charge in [-0.2, -0.15) is 0 Å². The standard InChI is InChI=1S/C8H12O3/c1-3-4-8(9)11-6(2)7-5-10-7/h3-4,6-7H,5H2,1-2H3. The third kappa shape index (κ3) is 2.72. The molecule has 0 aromatic carbocycles. The minimum absolute atomic E-state index is 0.112. The molecule has 1 saturated heterocycles. The van der Waals surface area contributed by atoms with Crippen molar-refractivity contribution in [2.24, 2.45) is 0 Å². The predicted octanol–water partition coefficient (Wildman–Crippen LogP) is 0.893. The van der Waals surface area contributed by atoms with Gasteiger partial charge in [0.15, 0.2) is 0 Å². The second-order valence-corrected chi connectivity index (χ2v) is 2.51. The third-order valence-corrected chi connectivity index (χ3v) is 1.49. The molecule has 3 nitrogen and oxygen atoms in total. The minimum Gasteiger partial charge on any atom is -0.457 e. The highest BCUT2D eigenvalue weighted by molar-refractivity contribution is 5.81. The molecule has 0 saturated carbocycles. The fraction of sp³-hybridized carbons (Fsp3) is 0.625. The van der Waals surface area contributed by atoms with E-state index in [1.807, 2.05) is 6.92 Å². The number of carbonyl (C=O) groups is 1. The molecule has 0 spiro atoms. The van der Waals surface area contributed by atoms with Crippen molar-refractivity contribution in [3.8, 4) is 0 Å². The van der Waals surface area contributed by atoms with Crippen molar-refractivity contribution in [3.63, 3.8) is 0 Å². The predicted molar refractivity (Wildman–Crippen MR) is 40.1 cm³/mol. The molecule has 11 heavy (non-hydrogen) atoms. The van der Waals surface area contributed by atoms with E-state index in [0.717, 1.165) is 0 Å². The Kier molecular flexibility index (Phi) is 2.65. The van der Waals surface area contributed by atoms with Gasteiger partial charge in [-0.1, -0.05) is 6.08 Å². The topological polar surface area (TPSA) is 38.8 Å². The van der Waals surface area contributed by atoms with E-state index in [-0.39, 0.29) is 18.2 Å². The van der Waals surface area contributed by atoms with E-state index < -0.39 is 0 Å². The summed E-state index contributed by atoms with van der Waals surface area (Å²) < 4.78 is 9.91. The summed E-state index contributed by atoms with van der Waals surface area (Å²) >= 11 is 0. The average Bonchev–Trinajstić information content (AvgIpc) is 2.67. The Morgan fingerprint density at radius 3 is 2.91 bits per heavy atom. The summed E-state index contributed by atoms with van der Waals surface area (Å²) in [5.74, 6) is -0.296. The number of allylic oxidation sites excluding steroid dienone is 1. The summed E-state index contributed by atoms with van der Waals surface area (Å²) in [4.78, 5) is 10.8. The van der Waals surface area contributed by atoms with Crippen molar-refractivity contribution < 1.29 is 14.3 Å². The van der Waals surface area contributed by atoms with Gasteiger partial charge in [-0.15, -0.1) is 0 Å². The van der Waals surface area contributed by atoms with Gasteiger partial charge in [0.25, 0.3) is 0 Å². The lowest BCUT2D eigenvalue weighted by molar-refractivity contribution is -0.143. The van der Waals surface area contributed by atoms with Gasteiger partial charge in [0, 0.05) is 6.08 Å². The summed E-state index contributed by atoms with van der Waals surface area (Å²) in [5, 5.41) is 0. The first-order valence-corrected chi connectivity index (χ1v) is 3.69. The van der Waals surface area contributed by atoms with Crippen LogP contribution in [0.25, 0.3) is 0 Å². The summed E-state index contributed by atoms with van der Waals surface area (Å²) in [6.07, 6.45) is 3.07. The summed E-state index contributed by atoms with van der Waals surface area (Å²) in [5.41, 5.74) is 0. The highest BCUT2D eigenvalue weighted by Crippen LogP contribution is 2.16. The molecule has 0 radical (unpaired) electrons. The third-order valence-electron chi connectivity index (χ3n) is 1.49. The lowest BCUT2D eigenvalue weighted by Crippen LogP contribution is -2.18. The Balaban J connectivity index is 2.22. The van der Waals surface area contributed by atoms with Gasteiger partial charge < -0.3 is 9.47 Å². The monoisotopic (exact) mass is 156 g/mol. The molecule has 0 aromatic heterocycles. The van der Waals surface area contributed by atoms with Crippen LogP contribution < -0.4 is 0 Å². The van der Waals surface area contributed by atoms with Crippen molar-refractivity contribution in [1.82, 2.24) is 0 Å². The van der Waals surface area contributed by atoms with Crippen LogP contribution in [0.2, 0.25) is 0 Å². The van der Waals surface area contributed by atoms with Crippen LogP contribution in [0.3, 0.4) is 0 Å². The van der Waals surface area contributed by atoms with Crippen molar-refractivity contribution >= 4 is 5.97 Å². The molecule has 0 bridgehead atoms. The van der Waals surface area contributed by atoms with Crippen LogP contribution in [0, 0.1) is 0 Å². The molecule has 2 atom stereocenters. The summed E-state index contributed by atoms with van der Waals surface area (Å²) in [7, 11) is 0. The maximum Gasteiger partial charge on any atom is 0.330 e. The van der Waals surface area contributed by atoms with Crippen LogP contribution in [0.15, 0.2) is 12.2 Å². The second kappa shape index (κ2) is 3.53. The van der Waals surface area contributed by atoms with E-state index in [2.05, 4.69) is 0 Å². The Labute approximate surface area is 66.0 Å². The fourth-order valence-electron chi connectivity index (χ4n) is 0.761. The lowest BCUT2D eigenvalue weighted by atomic mass is 10.3. The molecular formula is C8H12O3. The first-order valence-electron chi connectivity index (χ1n) is 3.69. The Morgan fingerprint density at radius 2 is 2.45 bits per heavy atom. The number of hydrogen-bond donors (Lipinski definition) is 0. The molecule has 1 fully saturated rings. The van der Waals surface area contributed by atoms with Gasteiger partial charge in [0.1, 0.15) is 12.2 Å². The van der Waals surface area contributed by atoms with Crippen molar-refractivity contribution in [1.29, 1.82) is 0 Å². The number of epoxide rings is 1. The molecule has 0 N–H and O–H groups in total. The van der Waals surface area contributed by atoms with Crippen molar-refractivity contribution in [2.45, 2.75) is 26.1 Å². The Bertz CT molecular complexity index is 170. The van der Waals surface area contributed by atoms with E-state index in [0.29, 0.717) is 6.61 Å². The molecular weight excluding hydrogens is 144 g/mol. The molecule has 3 heteroatoms. The molecule has 0 aliphatic carbocycles. The fourth-order valence-corrected chi connectivity index (χ4v) is 0.761. The van der Waals surface area contributed by atoms with Gasteiger partial charge in [0.2, 0.25) is 0 Å². The minimum atomic E-state index is -0.296. The first-order chi connectivity index (χ1) is 5.24. The zero-order chi connectivity index (χ0) is 8.27. The van der Waals surface area contributed by atoms with E-state index in [1.165, 1.54) is 6.08 Å². The Hall–Kier alpha value is -0.830. The van der Waals surface area contributed by atoms with Crippen LogP contribution in [-0.2, 0) is 14.3 Å². The molecule has 1 aliphatic rings. The number of hydrogen-bond acceptors (Lipinski definition) is 3. The lowest BCUT2D eigenvalue weighted by Gasteiger charge is -2.07. The van der Waals surface area contributed by atoms with E-state index in [4.69, 9.17) is 9.47 Å². The van der Waals surface area contributed by atoms with Crippen LogP contribution in [0.1, 0.15) is 13.8 Å². The molecule has 0 amide bonds. The molecule has 1 rings (SSSR count). The number of rotatable bonds is 3. The van der Waals surface area contributed by atoms with E-state index >= 15 is 0 Å². The van der Waals surface area contributed by atoms with Crippen molar-refractivity contribution in [2.75, 3.05) is 6.61 Å². The van der Waals surface area contributed by atoms with Crippen LogP contribution in [0.4, 0.5) is 0 Å². The zero-order valence-corrected chi connectivity index (χ0v) is 6.74. The maximum absolute atomic E-state index is 10.8. The summed E-state index contributed by atoms with van der Waals surface area (Å²) in [6.45, 7) is 4.32. The van der Waals surface area contributed by atoms with Crippen molar-refractivity contribution in [3.05, 3.63) is 12.2 Å². The van der Waals surface area contributed by atoms with Gasteiger partial charge >= 0.3 is 5.97 Å². The normalized spacial score (nSPS) is 25.1. The highest BCUT2D eigenvalue weighted by atomic mass is 16.6. The van der Waals surface area contributed by atoms with Gasteiger partial charge in [-0.25, -0.2) is 4.79 Å². The summed E-state index contributed by atoms with van der Waals surface area (Å²) in [6, 6.07) is 0. The SMILES string of the molecule is CC=CC(=O)OC(C)C1CO1. The van der Waals surface area contributed by atoms with Gasteiger partial charge in [0.05, 0.1) is 6.61 Å². The van der Waals surface area contributed by atoms with Crippen LogP contribution in [0.5, 0.6) is 0 Å². The van der Waals surface area contributed by atoms with E-state index in [1.54, 1.807) is 13.0 Å². The molecule has 62 valence electrons. The average molecular weight is 156 g/mol. The van der Waals surface area contributed by atoms with Gasteiger partial charge in [-0.3, -0.25) is 0 Å². The zero-order valence-electron chi connectivity index (χ0n) is 6.74. The van der Waals surface area contributed by atoms with Crippen LogP contribution >= 0.6 is 0 Å². The Morgan fingerprint density at radius 1 is 1.82 bits per heavy atom. The number of esters is 1. The van der Waals surface area contributed by atoms with Crippen LogP contribution in [-0.4, -0.2) is 24.8 Å². The molecule has 0 aromatic rings. The highest BCUT2D eigenvalue weighted by Gasteiger charge is 2.31. The maximum atomic E-state index is 10.8. The molecule has 1 heterocycles. The number of ether oxygens (including phenoxy) is 2. The van der Waals surface area contributed by atoms with Gasteiger partial charge in [-0.05, 0) is 13.8 Å². The largest absolute Gasteiger partial charge is 0.457 e. The molecule has 2 unspecified atom stereocenters. The second-order valence-electron chi connectivity index (χ2n) is 2.51. The quantitative estimate of drug-likeness (QED) is 0.346.